The molecule has 4 unspecified atom stereocenters. The van der Waals surface area contributed by atoms with Crippen LogP contribution in [0.2, 0.25) is 0 Å². The average molecular weight is 806 g/mol. The molecule has 0 saturated carbocycles. The number of hydrogen-bond donors (Lipinski definition) is 0. The number of hydrogen-bond acceptors (Lipinski definition) is 11. The molecule has 0 radical (unpaired) electrons. The average Bonchev–Trinajstić information content (AvgIpc) is 3.91. The predicted octanol–water partition coefficient (Wildman–Crippen LogP) is 8.08. The highest BCUT2D eigenvalue weighted by Crippen LogP contribution is 2.48. The van der Waals surface area contributed by atoms with Crippen molar-refractivity contribution in [2.75, 3.05) is 49.3 Å². The Morgan fingerprint density at radius 3 is 1.53 bits per heavy atom. The maximum absolute atomic E-state index is 12.9. The molecule has 3 heterocycles. The van der Waals surface area contributed by atoms with E-state index in [9.17, 15) is 4.79 Å². The van der Waals surface area contributed by atoms with Crippen LogP contribution in [0.5, 0.6) is 23.0 Å². The minimum Gasteiger partial charge on any atom is -0.493 e. The molecule has 312 valence electrons. The van der Waals surface area contributed by atoms with Gasteiger partial charge in [0.2, 0.25) is 0 Å². The van der Waals surface area contributed by atoms with Gasteiger partial charge in [0.05, 0.1) is 46.1 Å². The van der Waals surface area contributed by atoms with Crippen LogP contribution in [0.15, 0.2) is 85.6 Å². The minimum atomic E-state index is -1.03. The van der Waals surface area contributed by atoms with Crippen molar-refractivity contribution >= 4 is 16.9 Å². The normalized spacial score (nSPS) is 14.6. The molecule has 0 aliphatic heterocycles. The highest BCUT2D eigenvalue weighted by Gasteiger charge is 2.43. The van der Waals surface area contributed by atoms with Crippen LogP contribution in [-0.2, 0) is 39.5 Å². The molecule has 13 nitrogen and oxygen atoms in total. The van der Waals surface area contributed by atoms with E-state index in [1.54, 1.807) is 68.2 Å². The van der Waals surface area contributed by atoms with Gasteiger partial charge in [-0.3, -0.25) is 4.98 Å². The third-order valence-electron chi connectivity index (χ3n) is 11.4. The van der Waals surface area contributed by atoms with Gasteiger partial charge in [-0.25, -0.2) is 14.8 Å². The number of rotatable bonds is 18. The molecular formula is C46H55N5O8. The highest BCUT2D eigenvalue weighted by molar-refractivity contribution is 5.94. The van der Waals surface area contributed by atoms with E-state index in [1.165, 1.54) is 0 Å². The number of imidazole rings is 2. The molecule has 3 aromatic heterocycles. The molecule has 3 aromatic carbocycles. The van der Waals surface area contributed by atoms with Gasteiger partial charge in [-0.1, -0.05) is 26.0 Å². The van der Waals surface area contributed by atoms with Crippen LogP contribution in [0.1, 0.15) is 89.7 Å². The monoisotopic (exact) mass is 805 g/mol. The molecular weight excluding hydrogens is 751 g/mol. The Labute approximate surface area is 346 Å². The van der Waals surface area contributed by atoms with E-state index < -0.39 is 17.2 Å². The van der Waals surface area contributed by atoms with Gasteiger partial charge in [0, 0.05) is 64.7 Å². The van der Waals surface area contributed by atoms with Crippen LogP contribution in [0.4, 0.5) is 0 Å². The number of pyridine rings is 1. The van der Waals surface area contributed by atoms with E-state index in [0.29, 0.717) is 41.4 Å². The van der Waals surface area contributed by atoms with Crippen molar-refractivity contribution in [2.45, 2.75) is 56.7 Å². The van der Waals surface area contributed by atoms with Gasteiger partial charge in [0.15, 0.2) is 34.2 Å². The van der Waals surface area contributed by atoms with Gasteiger partial charge in [-0.15, -0.1) is 0 Å². The summed E-state index contributed by atoms with van der Waals surface area (Å²) in [6, 6.07) is 17.8. The Morgan fingerprint density at radius 1 is 0.644 bits per heavy atom. The number of nitrogens with zero attached hydrogens (tertiary/aromatic N) is 5. The first-order chi connectivity index (χ1) is 28.4. The zero-order valence-corrected chi connectivity index (χ0v) is 35.9. The lowest BCUT2D eigenvalue weighted by atomic mass is 9.75. The van der Waals surface area contributed by atoms with Crippen LogP contribution in [0.25, 0.3) is 10.9 Å². The molecule has 59 heavy (non-hydrogen) atoms. The number of fused-ring (bicyclic) bond motifs is 1. The van der Waals surface area contributed by atoms with E-state index in [2.05, 4.69) is 26.0 Å². The lowest BCUT2D eigenvalue weighted by Gasteiger charge is -2.37. The number of carbonyl (C=O) groups is 1. The Kier molecular flexibility index (Phi) is 13.0. The summed E-state index contributed by atoms with van der Waals surface area (Å²) in [4.78, 5) is 27.4. The molecule has 0 bridgehead atoms. The van der Waals surface area contributed by atoms with E-state index in [-0.39, 0.29) is 18.4 Å². The van der Waals surface area contributed by atoms with Gasteiger partial charge >= 0.3 is 5.97 Å². The number of benzene rings is 3. The fourth-order valence-electron chi connectivity index (χ4n) is 8.42. The van der Waals surface area contributed by atoms with E-state index >= 15 is 0 Å². The van der Waals surface area contributed by atoms with Crippen molar-refractivity contribution in [3.8, 4) is 23.0 Å². The second-order valence-corrected chi connectivity index (χ2v) is 14.8. The molecule has 0 N–H and O–H groups in total. The Morgan fingerprint density at radius 2 is 1.12 bits per heavy atom. The summed E-state index contributed by atoms with van der Waals surface area (Å²) in [5, 5.41) is 0.807. The van der Waals surface area contributed by atoms with Gasteiger partial charge in [0.25, 0.3) is 0 Å². The smallest absolute Gasteiger partial charge is 0.339 e. The van der Waals surface area contributed by atoms with Crippen molar-refractivity contribution in [2.24, 2.45) is 14.1 Å². The van der Waals surface area contributed by atoms with Crippen molar-refractivity contribution in [1.29, 1.82) is 0 Å². The summed E-state index contributed by atoms with van der Waals surface area (Å²) in [7, 11) is 13.8. The predicted molar refractivity (Wildman–Crippen MR) is 225 cm³/mol. The summed E-state index contributed by atoms with van der Waals surface area (Å²) in [5.41, 5.74) is 2.87. The maximum atomic E-state index is 12.9. The summed E-state index contributed by atoms with van der Waals surface area (Å²) in [6.45, 7) is 6.43. The summed E-state index contributed by atoms with van der Waals surface area (Å²) in [5.74, 6) is 3.10. The number of ether oxygens (including phenoxy) is 7. The molecule has 13 heteroatoms. The molecule has 0 spiro atoms. The first-order valence-electron chi connectivity index (χ1n) is 19.6. The fourth-order valence-corrected chi connectivity index (χ4v) is 8.42. The topological polar surface area (TPSA) is 130 Å². The largest absolute Gasteiger partial charge is 0.493 e. The second-order valence-electron chi connectivity index (χ2n) is 14.8. The summed E-state index contributed by atoms with van der Waals surface area (Å²) < 4.78 is 45.3. The molecule has 6 aromatic rings. The first kappa shape index (κ1) is 42.7. The van der Waals surface area contributed by atoms with Gasteiger partial charge < -0.3 is 42.3 Å². The quantitative estimate of drug-likeness (QED) is 0.0782. The minimum absolute atomic E-state index is 0.140. The Bertz CT molecular complexity index is 2410. The number of aromatic nitrogens is 5. The first-order valence-corrected chi connectivity index (χ1v) is 19.6. The summed E-state index contributed by atoms with van der Waals surface area (Å²) >= 11 is 0. The van der Waals surface area contributed by atoms with Crippen LogP contribution in [0, 0.1) is 0 Å². The Balaban J connectivity index is 1.55. The molecule has 0 fully saturated rings. The zero-order valence-electron chi connectivity index (χ0n) is 35.9. The molecule has 0 amide bonds. The molecule has 0 saturated heterocycles. The number of esters is 1. The van der Waals surface area contributed by atoms with Crippen molar-refractivity contribution in [3.63, 3.8) is 0 Å². The lowest BCUT2D eigenvalue weighted by molar-refractivity contribution is -0.00181. The molecule has 0 aliphatic carbocycles. The van der Waals surface area contributed by atoms with Gasteiger partial charge in [-0.05, 0) is 96.3 Å². The number of carbonyl (C=O) groups excluding carboxylic acids is 1. The second kappa shape index (κ2) is 17.9. The number of aryl methyl sites for hydroxylation is 2. The van der Waals surface area contributed by atoms with Gasteiger partial charge in [0.1, 0.15) is 11.6 Å². The standard InChI is InChI=1S/C46H55N5O8/c1-12-59-42(52)32-21-31-22-35(29(2)26-45(57-10,43-47-17-19-50(43)4)33-13-15-38(53-6)40(23-33)55-8)36(25-37(31)49-28-32)30(3)27-46(58-11,44-48-18-20-51(44)5)34-14-16-39(54-7)41(24-34)56-9/h13-25,28-30H,12,26-27H2,1-11H3. The van der Waals surface area contributed by atoms with E-state index in [0.717, 1.165) is 44.8 Å². The highest BCUT2D eigenvalue weighted by atomic mass is 16.5. The van der Waals surface area contributed by atoms with Crippen molar-refractivity contribution < 1.29 is 38.0 Å². The van der Waals surface area contributed by atoms with E-state index in [1.807, 2.05) is 78.1 Å². The fraction of sp³-hybridized carbons (Fsp3) is 0.391. The summed E-state index contributed by atoms with van der Waals surface area (Å²) in [6.07, 6.45) is 9.92. The third kappa shape index (κ3) is 7.96. The molecule has 6 rings (SSSR count). The van der Waals surface area contributed by atoms with Crippen molar-refractivity contribution in [3.05, 3.63) is 125 Å². The lowest BCUT2D eigenvalue weighted by Crippen LogP contribution is -2.36. The van der Waals surface area contributed by atoms with E-state index in [4.69, 9.17) is 48.1 Å². The SMILES string of the molecule is CCOC(=O)c1cnc2cc(C(C)CC(OC)(c3ccc(OC)c(OC)c3)c3nccn3C)c(C(C)CC(OC)(c3ccc(OC)c(OC)c3)c3nccn3C)cc2c1. The van der Waals surface area contributed by atoms with Crippen LogP contribution in [0.3, 0.4) is 0 Å². The van der Waals surface area contributed by atoms with Crippen molar-refractivity contribution in [1.82, 2.24) is 24.1 Å². The maximum Gasteiger partial charge on any atom is 0.339 e. The zero-order chi connectivity index (χ0) is 42.5. The van der Waals surface area contributed by atoms with Crippen LogP contribution in [-0.4, -0.2) is 79.3 Å². The Hall–Kier alpha value is -5.92. The third-order valence-corrected chi connectivity index (χ3v) is 11.4. The molecule has 4 atom stereocenters. The van der Waals surface area contributed by atoms with Crippen LogP contribution < -0.4 is 18.9 Å². The number of methoxy groups -OCH3 is 6. The van der Waals surface area contributed by atoms with Gasteiger partial charge in [-0.2, -0.15) is 0 Å². The molecule has 0 aliphatic rings. The van der Waals surface area contributed by atoms with Crippen LogP contribution >= 0.6 is 0 Å².